The van der Waals surface area contributed by atoms with Crippen LogP contribution in [0.3, 0.4) is 0 Å². The molecule has 2 aromatic rings. The monoisotopic (exact) mass is 230 g/mol. The van der Waals surface area contributed by atoms with E-state index in [2.05, 4.69) is 10.1 Å². The Labute approximate surface area is 101 Å². The first-order chi connectivity index (χ1) is 8.24. The molecule has 0 spiro atoms. The van der Waals surface area contributed by atoms with E-state index < -0.39 is 0 Å². The van der Waals surface area contributed by atoms with Gasteiger partial charge in [-0.15, -0.1) is 0 Å². The molecule has 0 amide bonds. The maximum atomic E-state index is 6.10. The molecule has 0 aliphatic heterocycles. The van der Waals surface area contributed by atoms with Crippen molar-refractivity contribution < 1.29 is 0 Å². The van der Waals surface area contributed by atoms with Crippen LogP contribution >= 0.6 is 0 Å². The molecule has 0 aliphatic carbocycles. The van der Waals surface area contributed by atoms with Crippen LogP contribution in [0.2, 0.25) is 0 Å². The number of hydrogen-bond donors (Lipinski definition) is 1. The molecule has 0 fully saturated rings. The van der Waals surface area contributed by atoms with Crippen molar-refractivity contribution in [1.29, 1.82) is 0 Å². The van der Waals surface area contributed by atoms with Gasteiger partial charge in [0.05, 0.1) is 5.69 Å². The van der Waals surface area contributed by atoms with Crippen molar-refractivity contribution in [1.82, 2.24) is 14.8 Å². The third-order valence-electron chi connectivity index (χ3n) is 2.79. The van der Waals surface area contributed by atoms with Gasteiger partial charge >= 0.3 is 0 Å². The Hall–Kier alpha value is -1.68. The number of hydrogen-bond acceptors (Lipinski definition) is 3. The molecule has 1 atom stereocenters. The lowest BCUT2D eigenvalue weighted by Gasteiger charge is -2.09. The van der Waals surface area contributed by atoms with E-state index in [0.29, 0.717) is 0 Å². The summed E-state index contributed by atoms with van der Waals surface area (Å²) in [5.74, 6) is 0. The Morgan fingerprint density at radius 3 is 2.71 bits per heavy atom. The van der Waals surface area contributed by atoms with E-state index in [4.69, 9.17) is 5.73 Å². The number of aromatic nitrogens is 3. The van der Waals surface area contributed by atoms with Crippen molar-refractivity contribution in [2.24, 2.45) is 12.8 Å². The Bertz CT molecular complexity index is 449. The summed E-state index contributed by atoms with van der Waals surface area (Å²) in [7, 11) is 1.92. The molecule has 4 heteroatoms. The fraction of sp³-hybridized carbons (Fsp3) is 0.385. The molecule has 0 saturated carbocycles. The molecular formula is C13H18N4. The first-order valence-corrected chi connectivity index (χ1v) is 5.87. The van der Waals surface area contributed by atoms with Gasteiger partial charge in [-0.25, -0.2) is 0 Å². The van der Waals surface area contributed by atoms with Crippen LogP contribution < -0.4 is 5.73 Å². The molecule has 0 radical (unpaired) electrons. The van der Waals surface area contributed by atoms with E-state index in [1.54, 1.807) is 0 Å². The quantitative estimate of drug-likeness (QED) is 0.842. The minimum atomic E-state index is 0.165. The summed E-state index contributed by atoms with van der Waals surface area (Å²) >= 11 is 0. The van der Waals surface area contributed by atoms with Gasteiger partial charge in [-0.05, 0) is 36.6 Å². The number of nitrogens with zero attached hydrogens (tertiary/aromatic N) is 3. The van der Waals surface area contributed by atoms with Gasteiger partial charge in [0.2, 0.25) is 0 Å². The zero-order valence-corrected chi connectivity index (χ0v) is 10.1. The third kappa shape index (κ3) is 3.67. The van der Waals surface area contributed by atoms with Crippen LogP contribution in [0.25, 0.3) is 0 Å². The molecule has 0 saturated heterocycles. The van der Waals surface area contributed by atoms with Crippen LogP contribution in [0.1, 0.15) is 17.7 Å². The lowest BCUT2D eigenvalue weighted by Crippen LogP contribution is -2.23. The van der Waals surface area contributed by atoms with E-state index >= 15 is 0 Å². The van der Waals surface area contributed by atoms with Crippen molar-refractivity contribution in [3.8, 4) is 0 Å². The van der Waals surface area contributed by atoms with Crippen molar-refractivity contribution in [3.63, 3.8) is 0 Å². The molecule has 2 rings (SSSR count). The summed E-state index contributed by atoms with van der Waals surface area (Å²) in [5, 5.41) is 4.33. The molecule has 17 heavy (non-hydrogen) atoms. The summed E-state index contributed by atoms with van der Waals surface area (Å²) in [6.07, 6.45) is 8.40. The predicted octanol–water partition coefficient (Wildman–Crippen LogP) is 1.32. The van der Waals surface area contributed by atoms with E-state index in [1.165, 1.54) is 5.56 Å². The molecule has 90 valence electrons. The first-order valence-electron chi connectivity index (χ1n) is 5.87. The highest BCUT2D eigenvalue weighted by molar-refractivity contribution is 5.10. The van der Waals surface area contributed by atoms with Gasteiger partial charge in [0.15, 0.2) is 0 Å². The third-order valence-corrected chi connectivity index (χ3v) is 2.79. The number of rotatable bonds is 5. The number of nitrogens with two attached hydrogens (primary N) is 1. The van der Waals surface area contributed by atoms with Gasteiger partial charge in [-0.2, -0.15) is 5.10 Å². The van der Waals surface area contributed by atoms with E-state index in [0.717, 1.165) is 25.0 Å². The van der Waals surface area contributed by atoms with Gasteiger partial charge in [0.1, 0.15) is 0 Å². The van der Waals surface area contributed by atoms with Crippen LogP contribution in [0, 0.1) is 0 Å². The molecule has 2 heterocycles. The van der Waals surface area contributed by atoms with Crippen molar-refractivity contribution in [2.75, 3.05) is 0 Å². The van der Waals surface area contributed by atoms with Crippen LogP contribution in [-0.2, 0) is 19.9 Å². The van der Waals surface area contributed by atoms with Crippen LogP contribution in [0.15, 0.2) is 36.8 Å². The zero-order valence-electron chi connectivity index (χ0n) is 10.1. The average molecular weight is 230 g/mol. The van der Waals surface area contributed by atoms with Gasteiger partial charge < -0.3 is 5.73 Å². The SMILES string of the molecule is Cn1ccc(CC(N)CCc2ccncc2)n1. The van der Waals surface area contributed by atoms with Gasteiger partial charge in [0, 0.05) is 38.1 Å². The lowest BCUT2D eigenvalue weighted by atomic mass is 10.0. The van der Waals surface area contributed by atoms with Gasteiger partial charge in [0.25, 0.3) is 0 Å². The Kier molecular flexibility index (Phi) is 3.88. The van der Waals surface area contributed by atoms with E-state index in [9.17, 15) is 0 Å². The highest BCUT2D eigenvalue weighted by atomic mass is 15.2. The van der Waals surface area contributed by atoms with Gasteiger partial charge in [-0.1, -0.05) is 0 Å². The van der Waals surface area contributed by atoms with Gasteiger partial charge in [-0.3, -0.25) is 9.67 Å². The normalized spacial score (nSPS) is 12.6. The minimum absolute atomic E-state index is 0.165. The Balaban J connectivity index is 1.80. The Morgan fingerprint density at radius 1 is 1.29 bits per heavy atom. The zero-order chi connectivity index (χ0) is 12.1. The molecule has 1 unspecified atom stereocenters. The summed E-state index contributed by atoms with van der Waals surface area (Å²) in [6, 6.07) is 6.26. The summed E-state index contributed by atoms with van der Waals surface area (Å²) in [5.41, 5.74) is 8.45. The number of aryl methyl sites for hydroxylation is 2. The predicted molar refractivity (Wildman–Crippen MR) is 67.4 cm³/mol. The molecule has 0 bridgehead atoms. The molecule has 0 aliphatic rings. The highest BCUT2D eigenvalue weighted by Crippen LogP contribution is 2.06. The second kappa shape index (κ2) is 5.59. The first kappa shape index (κ1) is 11.8. The summed E-state index contributed by atoms with van der Waals surface area (Å²) in [6.45, 7) is 0. The standard InChI is InChI=1S/C13H18N4/c1-17-9-6-13(16-17)10-12(14)3-2-11-4-7-15-8-5-11/h4-9,12H,2-3,10,14H2,1H3. The Morgan fingerprint density at radius 2 is 2.06 bits per heavy atom. The maximum absolute atomic E-state index is 6.10. The fourth-order valence-corrected chi connectivity index (χ4v) is 1.84. The average Bonchev–Trinajstić information content (AvgIpc) is 2.73. The van der Waals surface area contributed by atoms with Crippen molar-refractivity contribution in [2.45, 2.75) is 25.3 Å². The van der Waals surface area contributed by atoms with E-state index in [1.807, 2.05) is 48.5 Å². The highest BCUT2D eigenvalue weighted by Gasteiger charge is 2.06. The summed E-state index contributed by atoms with van der Waals surface area (Å²) < 4.78 is 1.81. The van der Waals surface area contributed by atoms with Crippen LogP contribution in [-0.4, -0.2) is 20.8 Å². The van der Waals surface area contributed by atoms with Crippen molar-refractivity contribution in [3.05, 3.63) is 48.0 Å². The van der Waals surface area contributed by atoms with Crippen LogP contribution in [0.5, 0.6) is 0 Å². The lowest BCUT2D eigenvalue weighted by molar-refractivity contribution is 0.595. The largest absolute Gasteiger partial charge is 0.327 e. The topological polar surface area (TPSA) is 56.7 Å². The molecule has 2 N–H and O–H groups in total. The molecular weight excluding hydrogens is 212 g/mol. The van der Waals surface area contributed by atoms with Crippen molar-refractivity contribution >= 4 is 0 Å². The second-order valence-corrected chi connectivity index (χ2v) is 4.34. The van der Waals surface area contributed by atoms with E-state index in [-0.39, 0.29) is 6.04 Å². The molecule has 2 aromatic heterocycles. The molecule has 4 nitrogen and oxygen atoms in total. The number of pyridine rings is 1. The summed E-state index contributed by atoms with van der Waals surface area (Å²) in [4.78, 5) is 4.00. The minimum Gasteiger partial charge on any atom is -0.327 e. The van der Waals surface area contributed by atoms with Crippen LogP contribution in [0.4, 0.5) is 0 Å². The maximum Gasteiger partial charge on any atom is 0.0639 e. The molecule has 0 aromatic carbocycles. The smallest absolute Gasteiger partial charge is 0.0639 e. The second-order valence-electron chi connectivity index (χ2n) is 4.34. The fourth-order valence-electron chi connectivity index (χ4n) is 1.84.